The van der Waals surface area contributed by atoms with E-state index in [1.807, 2.05) is 27.7 Å². The lowest BCUT2D eigenvalue weighted by atomic mass is 10.1. The van der Waals surface area contributed by atoms with E-state index in [1.54, 1.807) is 19.9 Å². The van der Waals surface area contributed by atoms with Crippen LogP contribution in [0.1, 0.15) is 54.4 Å². The largest absolute Gasteiger partial charge is 0.460 e. The number of unbranched alkanes of at least 4 members (excludes halogenated alkanes) is 1. The van der Waals surface area contributed by atoms with Crippen LogP contribution in [0.4, 0.5) is 0 Å². The van der Waals surface area contributed by atoms with Crippen LogP contribution in [0.2, 0.25) is 0 Å². The second-order valence-corrected chi connectivity index (χ2v) is 5.78. The molecule has 0 saturated heterocycles. The highest BCUT2D eigenvalue weighted by Gasteiger charge is 2.21. The molecule has 0 saturated carbocycles. The normalized spacial score (nSPS) is 12.5. The molecule has 0 spiro atoms. The summed E-state index contributed by atoms with van der Waals surface area (Å²) in [7, 11) is 0. The molecule has 0 aliphatic rings. The first-order chi connectivity index (χ1) is 8.67. The summed E-state index contributed by atoms with van der Waals surface area (Å²) in [6, 6.07) is 0. The van der Waals surface area contributed by atoms with E-state index < -0.39 is 11.6 Å². The second kappa shape index (κ2) is 7.97. The van der Waals surface area contributed by atoms with Gasteiger partial charge in [-0.05, 0) is 27.2 Å². The van der Waals surface area contributed by atoms with Crippen LogP contribution in [0.3, 0.4) is 0 Å². The molecule has 0 bridgehead atoms. The molecular formula is C15H26O4. The minimum Gasteiger partial charge on any atom is -0.460 e. The summed E-state index contributed by atoms with van der Waals surface area (Å²) >= 11 is 0. The van der Waals surface area contributed by atoms with Crippen molar-refractivity contribution in [2.24, 2.45) is 5.92 Å². The molecule has 0 aliphatic heterocycles. The summed E-state index contributed by atoms with van der Waals surface area (Å²) in [5, 5.41) is 0. The zero-order valence-electron chi connectivity index (χ0n) is 12.9. The number of ether oxygens (including phenoxy) is 2. The van der Waals surface area contributed by atoms with Crippen molar-refractivity contribution >= 4 is 11.9 Å². The molecule has 0 rings (SSSR count). The maximum Gasteiger partial charge on any atom is 0.337 e. The van der Waals surface area contributed by atoms with E-state index in [2.05, 4.69) is 0 Å². The monoisotopic (exact) mass is 270 g/mol. The van der Waals surface area contributed by atoms with Crippen LogP contribution in [0.25, 0.3) is 0 Å². The van der Waals surface area contributed by atoms with Gasteiger partial charge in [-0.2, -0.15) is 0 Å². The van der Waals surface area contributed by atoms with Crippen molar-refractivity contribution in [3.63, 3.8) is 0 Å². The number of hydrogen-bond acceptors (Lipinski definition) is 4. The summed E-state index contributed by atoms with van der Waals surface area (Å²) in [5.41, 5.74) is -0.143. The first kappa shape index (κ1) is 17.7. The lowest BCUT2D eigenvalue weighted by Crippen LogP contribution is -2.27. The van der Waals surface area contributed by atoms with Crippen molar-refractivity contribution < 1.29 is 19.1 Å². The fourth-order valence-electron chi connectivity index (χ4n) is 1.18. The third-order valence-electron chi connectivity index (χ3n) is 2.18. The molecule has 0 fully saturated rings. The molecule has 4 heteroatoms. The molecule has 4 nitrogen and oxygen atoms in total. The van der Waals surface area contributed by atoms with E-state index in [-0.39, 0.29) is 18.5 Å². The minimum atomic E-state index is -0.551. The van der Waals surface area contributed by atoms with E-state index in [0.717, 1.165) is 12.8 Å². The van der Waals surface area contributed by atoms with E-state index >= 15 is 0 Å². The van der Waals surface area contributed by atoms with Crippen LogP contribution in [-0.4, -0.2) is 24.1 Å². The number of carbonyl (C=O) groups is 2. The Labute approximate surface area is 116 Å². The van der Waals surface area contributed by atoms with Crippen molar-refractivity contribution in [3.05, 3.63) is 11.6 Å². The predicted molar refractivity (Wildman–Crippen MR) is 74.6 cm³/mol. The zero-order valence-corrected chi connectivity index (χ0v) is 12.9. The fraction of sp³-hybridized carbons (Fsp3) is 0.733. The van der Waals surface area contributed by atoms with Gasteiger partial charge in [0.05, 0.1) is 11.5 Å². The molecule has 0 atom stereocenters. The molecule has 0 aromatic heterocycles. The van der Waals surface area contributed by atoms with Crippen LogP contribution in [-0.2, 0) is 19.1 Å². The maximum absolute atomic E-state index is 12.0. The van der Waals surface area contributed by atoms with Crippen molar-refractivity contribution in [2.75, 3.05) is 6.61 Å². The number of allylic oxidation sites excluding steroid dienone is 1. The van der Waals surface area contributed by atoms with Gasteiger partial charge in [-0.3, -0.25) is 4.79 Å². The Kier molecular flexibility index (Phi) is 7.42. The molecule has 0 aromatic rings. The Morgan fingerprint density at radius 3 is 2.21 bits per heavy atom. The van der Waals surface area contributed by atoms with Crippen LogP contribution in [0.5, 0.6) is 0 Å². The Bertz CT molecular complexity index is 335. The first-order valence-electron chi connectivity index (χ1n) is 6.76. The number of hydrogen-bond donors (Lipinski definition) is 0. The standard InChI is InChI=1S/C15H26O4/c1-7-8-9-12(10-18-13(16)11(2)3)14(17)19-15(4,5)6/h9,11H,7-8,10H2,1-6H3. The first-order valence-corrected chi connectivity index (χ1v) is 6.76. The van der Waals surface area contributed by atoms with Crippen molar-refractivity contribution in [3.8, 4) is 0 Å². The Balaban J connectivity index is 4.65. The number of esters is 2. The Morgan fingerprint density at radius 2 is 1.79 bits per heavy atom. The summed E-state index contributed by atoms with van der Waals surface area (Å²) in [4.78, 5) is 23.4. The quantitative estimate of drug-likeness (QED) is 0.549. The van der Waals surface area contributed by atoms with Crippen molar-refractivity contribution in [2.45, 2.75) is 60.0 Å². The number of carbonyl (C=O) groups excluding carboxylic acids is 2. The highest BCUT2D eigenvalue weighted by Crippen LogP contribution is 2.13. The zero-order chi connectivity index (χ0) is 15.1. The second-order valence-electron chi connectivity index (χ2n) is 5.78. The smallest absolute Gasteiger partial charge is 0.337 e. The molecule has 110 valence electrons. The summed E-state index contributed by atoms with van der Waals surface area (Å²) in [5.74, 6) is -0.936. The minimum absolute atomic E-state index is 0.0219. The third kappa shape index (κ3) is 8.41. The SMILES string of the molecule is CCCC=C(COC(=O)C(C)C)C(=O)OC(C)(C)C. The van der Waals surface area contributed by atoms with Gasteiger partial charge in [-0.25, -0.2) is 4.79 Å². The highest BCUT2D eigenvalue weighted by atomic mass is 16.6. The van der Waals surface area contributed by atoms with Gasteiger partial charge in [0.2, 0.25) is 0 Å². The van der Waals surface area contributed by atoms with Crippen LogP contribution in [0.15, 0.2) is 11.6 Å². The highest BCUT2D eigenvalue weighted by molar-refractivity contribution is 5.89. The van der Waals surface area contributed by atoms with Crippen LogP contribution >= 0.6 is 0 Å². The van der Waals surface area contributed by atoms with Crippen molar-refractivity contribution in [1.82, 2.24) is 0 Å². The number of rotatable bonds is 6. The average molecular weight is 270 g/mol. The molecular weight excluding hydrogens is 244 g/mol. The predicted octanol–water partition coefficient (Wildman–Crippen LogP) is 3.25. The lowest BCUT2D eigenvalue weighted by Gasteiger charge is -2.20. The molecule has 0 radical (unpaired) electrons. The van der Waals surface area contributed by atoms with E-state index in [0.29, 0.717) is 5.57 Å². The lowest BCUT2D eigenvalue weighted by molar-refractivity contribution is -0.152. The molecule has 19 heavy (non-hydrogen) atoms. The fourth-order valence-corrected chi connectivity index (χ4v) is 1.18. The van der Waals surface area contributed by atoms with Gasteiger partial charge in [0.15, 0.2) is 0 Å². The average Bonchev–Trinajstić information content (AvgIpc) is 2.26. The summed E-state index contributed by atoms with van der Waals surface area (Å²) < 4.78 is 10.4. The van der Waals surface area contributed by atoms with Crippen molar-refractivity contribution in [1.29, 1.82) is 0 Å². The molecule has 0 unspecified atom stereocenters. The van der Waals surface area contributed by atoms with Crippen LogP contribution < -0.4 is 0 Å². The Morgan fingerprint density at radius 1 is 1.21 bits per heavy atom. The van der Waals surface area contributed by atoms with Gasteiger partial charge in [-0.15, -0.1) is 0 Å². The summed E-state index contributed by atoms with van der Waals surface area (Å²) in [6.07, 6.45) is 3.46. The van der Waals surface area contributed by atoms with Gasteiger partial charge in [0.1, 0.15) is 12.2 Å². The van der Waals surface area contributed by atoms with E-state index in [1.165, 1.54) is 0 Å². The van der Waals surface area contributed by atoms with E-state index in [4.69, 9.17) is 9.47 Å². The van der Waals surface area contributed by atoms with Gasteiger partial charge in [0, 0.05) is 0 Å². The van der Waals surface area contributed by atoms with Gasteiger partial charge < -0.3 is 9.47 Å². The van der Waals surface area contributed by atoms with Gasteiger partial charge in [-0.1, -0.05) is 33.3 Å². The van der Waals surface area contributed by atoms with Crippen LogP contribution in [0, 0.1) is 5.92 Å². The topological polar surface area (TPSA) is 52.6 Å². The van der Waals surface area contributed by atoms with E-state index in [9.17, 15) is 9.59 Å². The van der Waals surface area contributed by atoms with Gasteiger partial charge >= 0.3 is 11.9 Å². The molecule has 0 heterocycles. The molecule has 0 aliphatic carbocycles. The molecule has 0 aromatic carbocycles. The third-order valence-corrected chi connectivity index (χ3v) is 2.18. The molecule has 0 N–H and O–H groups in total. The molecule has 0 amide bonds. The summed E-state index contributed by atoms with van der Waals surface area (Å²) in [6.45, 7) is 10.9. The Hall–Kier alpha value is -1.32. The van der Waals surface area contributed by atoms with Gasteiger partial charge in [0.25, 0.3) is 0 Å². The maximum atomic E-state index is 12.0.